The van der Waals surface area contributed by atoms with Crippen LogP contribution in [0.2, 0.25) is 0 Å². The standard InChI is InChI=1S/C27H31N7O/c1-4-15-33-26(35)23-18-29-27(31-25(23)34(33)24-7-5-6-14-28-24)30-22-10-8-20(9-11-22)21-12-16-32(17-13-21)19(2)3/h4-11,14,18-19,21H,1,12-13,15-17H2,2-3H3,(H,29,30,31). The minimum absolute atomic E-state index is 0.176. The lowest BCUT2D eigenvalue weighted by Gasteiger charge is -2.34. The van der Waals surface area contributed by atoms with Gasteiger partial charge in [-0.05, 0) is 75.5 Å². The van der Waals surface area contributed by atoms with Gasteiger partial charge in [-0.1, -0.05) is 24.3 Å². The van der Waals surface area contributed by atoms with E-state index in [1.165, 1.54) is 18.4 Å². The predicted octanol–water partition coefficient (Wildman–Crippen LogP) is 4.49. The first-order valence-electron chi connectivity index (χ1n) is 12.2. The third-order valence-electron chi connectivity index (χ3n) is 6.74. The van der Waals surface area contributed by atoms with Crippen LogP contribution in [0.1, 0.15) is 38.2 Å². The predicted molar refractivity (Wildman–Crippen MR) is 140 cm³/mol. The largest absolute Gasteiger partial charge is 0.324 e. The molecule has 1 N–H and O–H groups in total. The Morgan fingerprint density at radius 3 is 2.54 bits per heavy atom. The molecule has 35 heavy (non-hydrogen) atoms. The third-order valence-corrected chi connectivity index (χ3v) is 6.74. The van der Waals surface area contributed by atoms with E-state index in [9.17, 15) is 4.79 Å². The minimum atomic E-state index is -0.176. The molecule has 0 unspecified atom stereocenters. The molecule has 4 aromatic rings. The number of fused-ring (bicyclic) bond motifs is 1. The first-order valence-corrected chi connectivity index (χ1v) is 12.2. The van der Waals surface area contributed by atoms with Crippen molar-refractivity contribution in [3.63, 3.8) is 0 Å². The van der Waals surface area contributed by atoms with Crippen LogP contribution >= 0.6 is 0 Å². The summed E-state index contributed by atoms with van der Waals surface area (Å²) in [5, 5.41) is 3.73. The molecule has 8 nitrogen and oxygen atoms in total. The molecule has 0 spiro atoms. The summed E-state index contributed by atoms with van der Waals surface area (Å²) in [5.41, 5.74) is 2.61. The number of hydrogen-bond acceptors (Lipinski definition) is 6. The summed E-state index contributed by atoms with van der Waals surface area (Å²) in [7, 11) is 0. The number of benzene rings is 1. The molecule has 3 aromatic heterocycles. The van der Waals surface area contributed by atoms with E-state index in [1.807, 2.05) is 18.2 Å². The molecule has 0 aliphatic carbocycles. The van der Waals surface area contributed by atoms with E-state index in [2.05, 4.69) is 69.9 Å². The molecule has 180 valence electrons. The second-order valence-corrected chi connectivity index (χ2v) is 9.26. The number of pyridine rings is 1. The van der Waals surface area contributed by atoms with Crippen LogP contribution < -0.4 is 10.9 Å². The second kappa shape index (κ2) is 9.84. The lowest BCUT2D eigenvalue weighted by Crippen LogP contribution is -2.37. The Morgan fingerprint density at radius 2 is 1.89 bits per heavy atom. The summed E-state index contributed by atoms with van der Waals surface area (Å²) >= 11 is 0. The van der Waals surface area contributed by atoms with E-state index < -0.39 is 0 Å². The van der Waals surface area contributed by atoms with Crippen molar-refractivity contribution in [3.05, 3.63) is 83.4 Å². The molecule has 1 aliphatic heterocycles. The topological polar surface area (TPSA) is 80.9 Å². The maximum Gasteiger partial charge on any atom is 0.278 e. The fourth-order valence-electron chi connectivity index (χ4n) is 4.80. The summed E-state index contributed by atoms with van der Waals surface area (Å²) < 4.78 is 3.29. The fraction of sp³-hybridized carbons (Fsp3) is 0.333. The lowest BCUT2D eigenvalue weighted by molar-refractivity contribution is 0.172. The van der Waals surface area contributed by atoms with Crippen LogP contribution in [0.15, 0.2) is 72.3 Å². The highest BCUT2D eigenvalue weighted by molar-refractivity contribution is 5.77. The lowest BCUT2D eigenvalue weighted by atomic mass is 9.89. The number of rotatable bonds is 7. The monoisotopic (exact) mass is 469 g/mol. The number of piperidine rings is 1. The van der Waals surface area contributed by atoms with E-state index in [1.54, 1.807) is 27.8 Å². The summed E-state index contributed by atoms with van der Waals surface area (Å²) in [4.78, 5) is 29.1. The van der Waals surface area contributed by atoms with Crippen LogP contribution in [0.25, 0.3) is 16.9 Å². The van der Waals surface area contributed by atoms with Gasteiger partial charge in [-0.15, -0.1) is 6.58 Å². The Balaban J connectivity index is 1.40. The van der Waals surface area contributed by atoms with Crippen molar-refractivity contribution in [2.24, 2.45) is 0 Å². The van der Waals surface area contributed by atoms with Gasteiger partial charge in [-0.3, -0.25) is 4.79 Å². The van der Waals surface area contributed by atoms with Crippen LogP contribution in [0, 0.1) is 0 Å². The summed E-state index contributed by atoms with van der Waals surface area (Å²) in [5.74, 6) is 1.64. The highest BCUT2D eigenvalue weighted by atomic mass is 16.1. The highest BCUT2D eigenvalue weighted by Crippen LogP contribution is 2.30. The van der Waals surface area contributed by atoms with Crippen LogP contribution in [0.5, 0.6) is 0 Å². The first kappa shape index (κ1) is 23.0. The molecule has 1 saturated heterocycles. The SMILES string of the molecule is C=CCn1c(=O)c2cnc(Nc3ccc(C4CCN(C(C)C)CC4)cc3)nc2n1-c1ccccn1. The van der Waals surface area contributed by atoms with Crippen molar-refractivity contribution in [2.45, 2.75) is 45.2 Å². The van der Waals surface area contributed by atoms with E-state index in [0.29, 0.717) is 41.3 Å². The number of hydrogen-bond donors (Lipinski definition) is 1. The molecule has 4 heterocycles. The van der Waals surface area contributed by atoms with Crippen LogP contribution in [-0.4, -0.2) is 48.3 Å². The zero-order valence-corrected chi connectivity index (χ0v) is 20.3. The van der Waals surface area contributed by atoms with Gasteiger partial charge in [-0.2, -0.15) is 4.98 Å². The van der Waals surface area contributed by atoms with Gasteiger partial charge in [0.2, 0.25) is 5.95 Å². The molecular weight excluding hydrogens is 438 g/mol. The molecule has 5 rings (SSSR count). The van der Waals surface area contributed by atoms with Gasteiger partial charge in [0.25, 0.3) is 5.56 Å². The quantitative estimate of drug-likeness (QED) is 0.402. The molecule has 1 aromatic carbocycles. The van der Waals surface area contributed by atoms with E-state index >= 15 is 0 Å². The number of likely N-dealkylation sites (tertiary alicyclic amines) is 1. The second-order valence-electron chi connectivity index (χ2n) is 9.26. The summed E-state index contributed by atoms with van der Waals surface area (Å²) in [6, 6.07) is 14.7. The third kappa shape index (κ3) is 4.61. The van der Waals surface area contributed by atoms with Crippen molar-refractivity contribution in [1.82, 2.24) is 29.2 Å². The van der Waals surface area contributed by atoms with E-state index in [-0.39, 0.29) is 5.56 Å². The average Bonchev–Trinajstić information content (AvgIpc) is 3.16. The molecule has 0 bridgehead atoms. The highest BCUT2D eigenvalue weighted by Gasteiger charge is 2.22. The smallest absolute Gasteiger partial charge is 0.278 e. The van der Waals surface area contributed by atoms with Crippen molar-refractivity contribution in [2.75, 3.05) is 18.4 Å². The molecule has 8 heteroatoms. The summed E-state index contributed by atoms with van der Waals surface area (Å²) in [6.45, 7) is 11.0. The zero-order chi connectivity index (χ0) is 24.4. The van der Waals surface area contributed by atoms with Crippen LogP contribution in [-0.2, 0) is 6.54 Å². The van der Waals surface area contributed by atoms with Gasteiger partial charge in [0.15, 0.2) is 11.5 Å². The number of nitrogens with one attached hydrogen (secondary N) is 1. The van der Waals surface area contributed by atoms with Gasteiger partial charge < -0.3 is 10.2 Å². The zero-order valence-electron chi connectivity index (χ0n) is 20.3. The molecule has 0 atom stereocenters. The maximum absolute atomic E-state index is 13.0. The average molecular weight is 470 g/mol. The van der Waals surface area contributed by atoms with Gasteiger partial charge in [-0.25, -0.2) is 19.3 Å². The van der Waals surface area contributed by atoms with Crippen molar-refractivity contribution in [3.8, 4) is 5.82 Å². The van der Waals surface area contributed by atoms with Gasteiger partial charge in [0, 0.05) is 24.1 Å². The molecule has 0 radical (unpaired) electrons. The van der Waals surface area contributed by atoms with E-state index in [4.69, 9.17) is 0 Å². The number of allylic oxidation sites excluding steroid dienone is 1. The Kier molecular flexibility index (Phi) is 6.46. The Hall–Kier alpha value is -3.78. The van der Waals surface area contributed by atoms with E-state index in [0.717, 1.165) is 18.8 Å². The number of nitrogens with zero attached hydrogens (tertiary/aromatic N) is 6. The van der Waals surface area contributed by atoms with Crippen LogP contribution in [0.4, 0.5) is 11.6 Å². The Labute approximate surface area is 204 Å². The molecule has 1 fully saturated rings. The number of anilines is 2. The minimum Gasteiger partial charge on any atom is -0.324 e. The first-order chi connectivity index (χ1) is 17.0. The van der Waals surface area contributed by atoms with Crippen molar-refractivity contribution >= 4 is 22.7 Å². The Bertz CT molecular complexity index is 1360. The maximum atomic E-state index is 13.0. The Morgan fingerprint density at radius 1 is 1.11 bits per heavy atom. The normalized spacial score (nSPS) is 15.1. The summed E-state index contributed by atoms with van der Waals surface area (Å²) in [6.07, 6.45) is 7.33. The number of aromatic nitrogens is 5. The fourth-order valence-corrected chi connectivity index (χ4v) is 4.80. The van der Waals surface area contributed by atoms with Gasteiger partial charge in [0.1, 0.15) is 5.39 Å². The molecule has 0 saturated carbocycles. The molecular formula is C27H31N7O. The molecule has 0 amide bonds. The van der Waals surface area contributed by atoms with Crippen molar-refractivity contribution in [1.29, 1.82) is 0 Å². The van der Waals surface area contributed by atoms with Gasteiger partial charge in [0.05, 0.1) is 6.54 Å². The van der Waals surface area contributed by atoms with Crippen LogP contribution in [0.3, 0.4) is 0 Å². The van der Waals surface area contributed by atoms with Gasteiger partial charge >= 0.3 is 0 Å². The molecule has 1 aliphatic rings. The van der Waals surface area contributed by atoms with Crippen molar-refractivity contribution < 1.29 is 0 Å².